The Labute approximate surface area is 109 Å². The number of carbonyl (C=O) groups is 1. The van der Waals surface area contributed by atoms with Gasteiger partial charge in [-0.15, -0.1) is 0 Å². The molecule has 1 aromatic rings. The molecule has 0 spiro atoms. The van der Waals surface area contributed by atoms with Crippen LogP contribution in [-0.2, 0) is 18.4 Å². The van der Waals surface area contributed by atoms with Crippen LogP contribution in [0.3, 0.4) is 0 Å². The fourth-order valence-electron chi connectivity index (χ4n) is 1.93. The lowest BCUT2D eigenvalue weighted by Gasteiger charge is -2.14. The molecule has 1 rings (SSSR count). The number of carbonyl (C=O) groups excluding carboxylic acids is 1. The Balaban J connectivity index is 2.46. The van der Waals surface area contributed by atoms with Crippen molar-refractivity contribution >= 4 is 11.7 Å². The third-order valence-corrected chi connectivity index (χ3v) is 3.29. The number of hydrogen-bond acceptors (Lipinski definition) is 3. The molecule has 0 aliphatic heterocycles. The minimum Gasteiger partial charge on any atom is -0.384 e. The summed E-state index contributed by atoms with van der Waals surface area (Å²) in [5.74, 6) is 0.842. The van der Waals surface area contributed by atoms with Gasteiger partial charge in [0, 0.05) is 25.1 Å². The van der Waals surface area contributed by atoms with Crippen molar-refractivity contribution in [2.45, 2.75) is 46.1 Å². The van der Waals surface area contributed by atoms with Gasteiger partial charge in [0.25, 0.3) is 0 Å². The van der Waals surface area contributed by atoms with Crippen molar-refractivity contribution in [3.63, 3.8) is 0 Å². The summed E-state index contributed by atoms with van der Waals surface area (Å²) in [6, 6.07) is 0. The SMILES string of the molecule is CCCCC(CC)C(=O)NCc1cnn(C)c1N. The van der Waals surface area contributed by atoms with Crippen LogP contribution < -0.4 is 11.1 Å². The molecule has 1 atom stereocenters. The molecule has 5 heteroatoms. The first-order chi connectivity index (χ1) is 8.60. The van der Waals surface area contributed by atoms with Gasteiger partial charge in [0.15, 0.2) is 0 Å². The van der Waals surface area contributed by atoms with Crippen LogP contribution >= 0.6 is 0 Å². The van der Waals surface area contributed by atoms with Crippen LogP contribution in [0, 0.1) is 5.92 Å². The average molecular weight is 252 g/mol. The normalized spacial score (nSPS) is 12.4. The summed E-state index contributed by atoms with van der Waals surface area (Å²) < 4.78 is 1.61. The second-order valence-corrected chi connectivity index (χ2v) is 4.64. The minimum absolute atomic E-state index is 0.114. The van der Waals surface area contributed by atoms with E-state index in [0.29, 0.717) is 12.4 Å². The largest absolute Gasteiger partial charge is 0.384 e. The standard InChI is InChI=1S/C13H24N4O/c1-4-6-7-10(5-2)13(18)15-8-11-9-16-17(3)12(11)14/h9-10H,4-8,14H2,1-3H3,(H,15,18). The van der Waals surface area contributed by atoms with Crippen LogP contribution in [0.15, 0.2) is 6.20 Å². The van der Waals surface area contributed by atoms with E-state index in [1.54, 1.807) is 17.9 Å². The zero-order valence-electron chi connectivity index (χ0n) is 11.6. The van der Waals surface area contributed by atoms with Crippen LogP contribution in [0.2, 0.25) is 0 Å². The highest BCUT2D eigenvalue weighted by atomic mass is 16.1. The maximum absolute atomic E-state index is 12.0. The van der Waals surface area contributed by atoms with Crippen molar-refractivity contribution in [1.29, 1.82) is 0 Å². The molecule has 0 aromatic carbocycles. The molecule has 1 heterocycles. The minimum atomic E-state index is 0.114. The summed E-state index contributed by atoms with van der Waals surface area (Å²) in [5, 5.41) is 6.99. The highest BCUT2D eigenvalue weighted by molar-refractivity contribution is 5.78. The van der Waals surface area contributed by atoms with E-state index in [1.165, 1.54) is 0 Å². The molecule has 0 radical (unpaired) electrons. The quantitative estimate of drug-likeness (QED) is 0.777. The number of nitrogens with zero attached hydrogens (tertiary/aromatic N) is 2. The molecule has 0 saturated carbocycles. The summed E-state index contributed by atoms with van der Waals surface area (Å²) in [5.41, 5.74) is 6.70. The van der Waals surface area contributed by atoms with Gasteiger partial charge in [-0.1, -0.05) is 26.7 Å². The number of aryl methyl sites for hydroxylation is 1. The molecule has 1 unspecified atom stereocenters. The third-order valence-electron chi connectivity index (χ3n) is 3.29. The number of amides is 1. The summed E-state index contributed by atoms with van der Waals surface area (Å²) in [6.07, 6.45) is 5.76. The van der Waals surface area contributed by atoms with Crippen molar-refractivity contribution in [1.82, 2.24) is 15.1 Å². The third kappa shape index (κ3) is 3.75. The van der Waals surface area contributed by atoms with Gasteiger partial charge in [0.05, 0.1) is 6.20 Å². The highest BCUT2D eigenvalue weighted by Gasteiger charge is 2.16. The van der Waals surface area contributed by atoms with Crippen LogP contribution in [0.5, 0.6) is 0 Å². The summed E-state index contributed by atoms with van der Waals surface area (Å²) in [6.45, 7) is 4.65. The molecule has 0 bridgehead atoms. The van der Waals surface area contributed by atoms with E-state index in [1.807, 2.05) is 0 Å². The van der Waals surface area contributed by atoms with Crippen molar-refractivity contribution < 1.29 is 4.79 Å². The highest BCUT2D eigenvalue weighted by Crippen LogP contribution is 2.14. The van der Waals surface area contributed by atoms with E-state index < -0.39 is 0 Å². The summed E-state index contributed by atoms with van der Waals surface area (Å²) in [4.78, 5) is 12.0. The van der Waals surface area contributed by atoms with E-state index in [-0.39, 0.29) is 11.8 Å². The van der Waals surface area contributed by atoms with Crippen molar-refractivity contribution in [3.8, 4) is 0 Å². The molecule has 0 aliphatic rings. The lowest BCUT2D eigenvalue weighted by molar-refractivity contribution is -0.125. The first kappa shape index (κ1) is 14.5. The van der Waals surface area contributed by atoms with Crippen LogP contribution in [0.4, 0.5) is 5.82 Å². The lowest BCUT2D eigenvalue weighted by atomic mass is 9.98. The summed E-state index contributed by atoms with van der Waals surface area (Å²) >= 11 is 0. The van der Waals surface area contributed by atoms with E-state index in [2.05, 4.69) is 24.3 Å². The van der Waals surface area contributed by atoms with Gasteiger partial charge in [0.1, 0.15) is 5.82 Å². The van der Waals surface area contributed by atoms with Gasteiger partial charge in [0.2, 0.25) is 5.91 Å². The number of anilines is 1. The van der Waals surface area contributed by atoms with Gasteiger partial charge in [-0.05, 0) is 12.8 Å². The molecule has 1 amide bonds. The molecule has 18 heavy (non-hydrogen) atoms. The predicted molar refractivity (Wildman–Crippen MR) is 72.8 cm³/mol. The van der Waals surface area contributed by atoms with Gasteiger partial charge in [-0.3, -0.25) is 9.48 Å². The molecule has 0 aliphatic carbocycles. The molecule has 3 N–H and O–H groups in total. The average Bonchev–Trinajstić information content (AvgIpc) is 2.68. The maximum atomic E-state index is 12.0. The van der Waals surface area contributed by atoms with Crippen LogP contribution in [-0.4, -0.2) is 15.7 Å². The van der Waals surface area contributed by atoms with Crippen LogP contribution in [0.1, 0.15) is 45.1 Å². The second-order valence-electron chi connectivity index (χ2n) is 4.64. The van der Waals surface area contributed by atoms with E-state index in [9.17, 15) is 4.79 Å². The maximum Gasteiger partial charge on any atom is 0.223 e. The molecule has 102 valence electrons. The molecule has 1 aromatic heterocycles. The number of unbranched alkanes of at least 4 members (excludes halogenated alkanes) is 1. The Morgan fingerprint density at radius 2 is 2.28 bits per heavy atom. The molecule has 0 saturated heterocycles. The van der Waals surface area contributed by atoms with Crippen molar-refractivity contribution in [3.05, 3.63) is 11.8 Å². The Kier molecular flexibility index (Phi) is 5.68. The lowest BCUT2D eigenvalue weighted by Crippen LogP contribution is -2.30. The predicted octanol–water partition coefficient (Wildman–Crippen LogP) is 1.83. The van der Waals surface area contributed by atoms with Crippen molar-refractivity contribution in [2.24, 2.45) is 13.0 Å². The fourth-order valence-corrected chi connectivity index (χ4v) is 1.93. The Morgan fingerprint density at radius 3 is 2.78 bits per heavy atom. The number of aromatic nitrogens is 2. The zero-order chi connectivity index (χ0) is 13.5. The van der Waals surface area contributed by atoms with E-state index >= 15 is 0 Å². The number of nitrogens with two attached hydrogens (primary N) is 1. The monoisotopic (exact) mass is 252 g/mol. The fraction of sp³-hybridized carbons (Fsp3) is 0.692. The molecular weight excluding hydrogens is 228 g/mol. The number of hydrogen-bond donors (Lipinski definition) is 2. The summed E-state index contributed by atoms with van der Waals surface area (Å²) in [7, 11) is 1.79. The van der Waals surface area contributed by atoms with Gasteiger partial charge in [-0.2, -0.15) is 5.10 Å². The van der Waals surface area contributed by atoms with Gasteiger partial charge >= 0.3 is 0 Å². The topological polar surface area (TPSA) is 72.9 Å². The van der Waals surface area contributed by atoms with E-state index in [0.717, 1.165) is 31.2 Å². The Morgan fingerprint density at radius 1 is 1.56 bits per heavy atom. The molecular formula is C13H24N4O. The number of nitrogens with one attached hydrogen (secondary N) is 1. The molecule has 0 fully saturated rings. The first-order valence-corrected chi connectivity index (χ1v) is 6.64. The van der Waals surface area contributed by atoms with Gasteiger partial charge < -0.3 is 11.1 Å². The smallest absolute Gasteiger partial charge is 0.223 e. The number of rotatable bonds is 7. The zero-order valence-corrected chi connectivity index (χ0v) is 11.6. The van der Waals surface area contributed by atoms with Crippen LogP contribution in [0.25, 0.3) is 0 Å². The van der Waals surface area contributed by atoms with E-state index in [4.69, 9.17) is 5.73 Å². The first-order valence-electron chi connectivity index (χ1n) is 6.64. The second kappa shape index (κ2) is 7.03. The van der Waals surface area contributed by atoms with Gasteiger partial charge in [-0.25, -0.2) is 0 Å². The van der Waals surface area contributed by atoms with Crippen molar-refractivity contribution in [2.75, 3.05) is 5.73 Å². The number of nitrogen functional groups attached to an aromatic ring is 1. The molecule has 5 nitrogen and oxygen atoms in total. The Hall–Kier alpha value is -1.52. The Bertz CT molecular complexity index is 386.